The second kappa shape index (κ2) is 15.5. The maximum atomic E-state index is 3.84. The highest BCUT2D eigenvalue weighted by molar-refractivity contribution is 9.09. The van der Waals surface area contributed by atoms with E-state index in [2.05, 4.69) is 29.8 Å². The van der Waals surface area contributed by atoms with Gasteiger partial charge < -0.3 is 0 Å². The Morgan fingerprint density at radius 1 is 0.556 bits per heavy atom. The first-order chi connectivity index (χ1) is 8.81. The Labute approximate surface area is 124 Å². The summed E-state index contributed by atoms with van der Waals surface area (Å²) in [6, 6.07) is 0. The lowest BCUT2D eigenvalue weighted by atomic mass is 10.0. The zero-order valence-corrected chi connectivity index (χ0v) is 14.4. The molecule has 1 heteroatoms. The first-order valence-corrected chi connectivity index (χ1v) is 9.36. The highest BCUT2D eigenvalue weighted by Crippen LogP contribution is 2.19. The molecule has 0 rings (SSSR count). The lowest BCUT2D eigenvalue weighted by Gasteiger charge is -2.09. The summed E-state index contributed by atoms with van der Waals surface area (Å²) in [5, 5.41) is 0. The van der Waals surface area contributed by atoms with Crippen molar-refractivity contribution < 1.29 is 0 Å². The number of halogens is 1. The average molecular weight is 319 g/mol. The minimum Gasteiger partial charge on any atom is -0.0891 e. The first kappa shape index (κ1) is 18.5. The van der Waals surface area contributed by atoms with Crippen LogP contribution in [0.2, 0.25) is 0 Å². The van der Waals surface area contributed by atoms with E-state index >= 15 is 0 Å². The fourth-order valence-electron chi connectivity index (χ4n) is 2.44. The van der Waals surface area contributed by atoms with Crippen LogP contribution in [0.4, 0.5) is 0 Å². The van der Waals surface area contributed by atoms with Crippen molar-refractivity contribution in [2.75, 3.05) is 0 Å². The molecule has 0 aromatic carbocycles. The van der Waals surface area contributed by atoms with Crippen molar-refractivity contribution in [2.45, 2.75) is 109 Å². The second-order valence-corrected chi connectivity index (χ2v) is 7.01. The molecule has 0 aliphatic heterocycles. The Balaban J connectivity index is 3.09. The van der Waals surface area contributed by atoms with Gasteiger partial charge in [-0.05, 0) is 12.8 Å². The van der Waals surface area contributed by atoms with Gasteiger partial charge >= 0.3 is 0 Å². The molecule has 0 heterocycles. The first-order valence-electron chi connectivity index (χ1n) is 8.45. The summed E-state index contributed by atoms with van der Waals surface area (Å²) in [5.41, 5.74) is 0. The highest BCUT2D eigenvalue weighted by atomic mass is 79.9. The monoisotopic (exact) mass is 318 g/mol. The minimum atomic E-state index is 0.787. The SMILES string of the molecule is CCCCCCCCCC(Br)CCCCCCC. The maximum Gasteiger partial charge on any atom is 0.0145 e. The van der Waals surface area contributed by atoms with Crippen LogP contribution in [0, 0.1) is 0 Å². The van der Waals surface area contributed by atoms with Crippen LogP contribution >= 0.6 is 15.9 Å². The van der Waals surface area contributed by atoms with Gasteiger partial charge in [-0.1, -0.05) is 107 Å². The number of hydrogen-bond donors (Lipinski definition) is 0. The molecule has 0 N–H and O–H groups in total. The summed E-state index contributed by atoms with van der Waals surface area (Å²) in [6.07, 6.45) is 19.9. The molecule has 110 valence electrons. The van der Waals surface area contributed by atoms with Crippen LogP contribution in [0.3, 0.4) is 0 Å². The highest BCUT2D eigenvalue weighted by Gasteiger charge is 2.03. The van der Waals surface area contributed by atoms with Gasteiger partial charge in [0.25, 0.3) is 0 Å². The lowest BCUT2D eigenvalue weighted by Crippen LogP contribution is -1.97. The Morgan fingerprint density at radius 2 is 0.889 bits per heavy atom. The molecular weight excluding hydrogens is 284 g/mol. The van der Waals surface area contributed by atoms with E-state index in [1.807, 2.05) is 0 Å². The van der Waals surface area contributed by atoms with Crippen molar-refractivity contribution >= 4 is 15.9 Å². The number of hydrogen-bond acceptors (Lipinski definition) is 0. The summed E-state index contributed by atoms with van der Waals surface area (Å²) in [7, 11) is 0. The largest absolute Gasteiger partial charge is 0.0891 e. The molecule has 0 aliphatic rings. The van der Waals surface area contributed by atoms with E-state index in [1.165, 1.54) is 89.9 Å². The van der Waals surface area contributed by atoms with Crippen molar-refractivity contribution in [3.05, 3.63) is 0 Å². The molecule has 0 fully saturated rings. The molecule has 0 saturated heterocycles. The van der Waals surface area contributed by atoms with Crippen molar-refractivity contribution in [2.24, 2.45) is 0 Å². The van der Waals surface area contributed by atoms with E-state index in [-0.39, 0.29) is 0 Å². The van der Waals surface area contributed by atoms with E-state index < -0.39 is 0 Å². The predicted octanol–water partition coefficient (Wildman–Crippen LogP) is 7.25. The molecule has 0 bridgehead atoms. The van der Waals surface area contributed by atoms with Gasteiger partial charge in [0.1, 0.15) is 0 Å². The lowest BCUT2D eigenvalue weighted by molar-refractivity contribution is 0.545. The third-order valence-corrected chi connectivity index (χ3v) is 4.66. The van der Waals surface area contributed by atoms with Gasteiger partial charge in [-0.25, -0.2) is 0 Å². The Kier molecular flexibility index (Phi) is 16.0. The minimum absolute atomic E-state index is 0.787. The van der Waals surface area contributed by atoms with Crippen LogP contribution in [0.5, 0.6) is 0 Å². The zero-order chi connectivity index (χ0) is 13.5. The fourth-order valence-corrected chi connectivity index (χ4v) is 3.08. The molecule has 0 spiro atoms. The second-order valence-electron chi connectivity index (χ2n) is 5.71. The van der Waals surface area contributed by atoms with E-state index in [9.17, 15) is 0 Å². The van der Waals surface area contributed by atoms with Crippen molar-refractivity contribution in [3.63, 3.8) is 0 Å². The Bertz CT molecular complexity index is 145. The molecule has 1 atom stereocenters. The fraction of sp³-hybridized carbons (Fsp3) is 1.00. The van der Waals surface area contributed by atoms with Gasteiger partial charge in [0, 0.05) is 4.83 Å². The average Bonchev–Trinajstić information content (AvgIpc) is 2.37. The summed E-state index contributed by atoms with van der Waals surface area (Å²) >= 11 is 3.84. The normalized spacial score (nSPS) is 12.8. The zero-order valence-electron chi connectivity index (χ0n) is 12.9. The summed E-state index contributed by atoms with van der Waals surface area (Å²) < 4.78 is 0. The molecule has 0 aromatic rings. The Hall–Kier alpha value is 0.480. The van der Waals surface area contributed by atoms with E-state index in [0.717, 1.165) is 4.83 Å². The molecule has 0 saturated carbocycles. The summed E-state index contributed by atoms with van der Waals surface area (Å²) in [5.74, 6) is 0. The van der Waals surface area contributed by atoms with Crippen LogP contribution in [-0.2, 0) is 0 Å². The summed E-state index contributed by atoms with van der Waals surface area (Å²) in [4.78, 5) is 0.787. The van der Waals surface area contributed by atoms with Gasteiger partial charge in [-0.2, -0.15) is 0 Å². The van der Waals surface area contributed by atoms with Crippen LogP contribution < -0.4 is 0 Å². The van der Waals surface area contributed by atoms with Crippen LogP contribution in [-0.4, -0.2) is 4.83 Å². The van der Waals surface area contributed by atoms with Crippen molar-refractivity contribution in [1.82, 2.24) is 0 Å². The predicted molar refractivity (Wildman–Crippen MR) is 88.7 cm³/mol. The molecule has 0 radical (unpaired) electrons. The van der Waals surface area contributed by atoms with Gasteiger partial charge in [-0.15, -0.1) is 0 Å². The quantitative estimate of drug-likeness (QED) is 0.233. The molecular formula is C17H35Br. The number of alkyl halides is 1. The number of rotatable bonds is 14. The van der Waals surface area contributed by atoms with Crippen molar-refractivity contribution in [1.29, 1.82) is 0 Å². The molecule has 0 amide bonds. The summed E-state index contributed by atoms with van der Waals surface area (Å²) in [6.45, 7) is 4.57. The van der Waals surface area contributed by atoms with Gasteiger partial charge in [0.05, 0.1) is 0 Å². The molecule has 18 heavy (non-hydrogen) atoms. The van der Waals surface area contributed by atoms with Crippen LogP contribution in [0.1, 0.15) is 104 Å². The molecule has 0 nitrogen and oxygen atoms in total. The standard InChI is InChI=1S/C17H35Br/c1-3-5-7-9-10-12-14-16-17(18)15-13-11-8-6-4-2/h17H,3-16H2,1-2H3. The van der Waals surface area contributed by atoms with Gasteiger partial charge in [0.2, 0.25) is 0 Å². The van der Waals surface area contributed by atoms with E-state index in [0.29, 0.717) is 0 Å². The van der Waals surface area contributed by atoms with Gasteiger partial charge in [0.15, 0.2) is 0 Å². The van der Waals surface area contributed by atoms with Crippen LogP contribution in [0.15, 0.2) is 0 Å². The molecule has 0 aliphatic carbocycles. The molecule has 0 aromatic heterocycles. The van der Waals surface area contributed by atoms with Gasteiger partial charge in [-0.3, -0.25) is 0 Å². The van der Waals surface area contributed by atoms with Crippen LogP contribution in [0.25, 0.3) is 0 Å². The van der Waals surface area contributed by atoms with E-state index in [1.54, 1.807) is 0 Å². The number of unbranched alkanes of at least 4 members (excludes halogenated alkanes) is 10. The Morgan fingerprint density at radius 3 is 1.28 bits per heavy atom. The third kappa shape index (κ3) is 14.5. The maximum absolute atomic E-state index is 3.84. The topological polar surface area (TPSA) is 0 Å². The third-order valence-electron chi connectivity index (χ3n) is 3.74. The molecule has 1 unspecified atom stereocenters. The van der Waals surface area contributed by atoms with E-state index in [4.69, 9.17) is 0 Å². The van der Waals surface area contributed by atoms with Crippen molar-refractivity contribution in [3.8, 4) is 0 Å². The smallest absolute Gasteiger partial charge is 0.0145 e.